The van der Waals surface area contributed by atoms with Gasteiger partial charge in [-0.05, 0) is 64.5 Å². The van der Waals surface area contributed by atoms with Gasteiger partial charge in [-0.1, -0.05) is 42.5 Å². The van der Waals surface area contributed by atoms with Crippen LogP contribution in [0.1, 0.15) is 21.6 Å². The topological polar surface area (TPSA) is 142 Å². The number of fused-ring (bicyclic) bond motifs is 1. The van der Waals surface area contributed by atoms with E-state index in [9.17, 15) is 19.2 Å². The molecule has 1 N–H and O–H groups in total. The maximum Gasteiger partial charge on any atom is 0.410 e. The van der Waals surface area contributed by atoms with Gasteiger partial charge in [0.2, 0.25) is 5.91 Å². The van der Waals surface area contributed by atoms with Crippen LogP contribution in [0.4, 0.5) is 4.79 Å². The molecule has 1 unspecified atom stereocenters. The van der Waals surface area contributed by atoms with Crippen LogP contribution < -0.4 is 19.5 Å². The minimum Gasteiger partial charge on any atom is -0.497 e. The van der Waals surface area contributed by atoms with Gasteiger partial charge in [0.1, 0.15) is 41.5 Å². The number of thioether (sulfide) groups is 1. The molecule has 3 amide bonds. The first-order valence-corrected chi connectivity index (χ1v) is 19.1. The van der Waals surface area contributed by atoms with Crippen LogP contribution in [-0.4, -0.2) is 85.6 Å². The first kappa shape index (κ1) is 39.2. The molecular formula is C40H41N3O10S2. The summed E-state index contributed by atoms with van der Waals surface area (Å²) in [5.74, 6) is 0.344. The third-order valence-electron chi connectivity index (χ3n) is 9.09. The summed E-state index contributed by atoms with van der Waals surface area (Å²) in [7, 11) is 6.05. The van der Waals surface area contributed by atoms with Crippen molar-refractivity contribution in [3.8, 4) is 17.2 Å². The van der Waals surface area contributed by atoms with Crippen LogP contribution in [0.25, 0.3) is 0 Å². The minimum atomic E-state index is -1.71. The van der Waals surface area contributed by atoms with Gasteiger partial charge >= 0.3 is 12.1 Å². The van der Waals surface area contributed by atoms with Gasteiger partial charge in [-0.3, -0.25) is 19.4 Å². The van der Waals surface area contributed by atoms with Crippen LogP contribution >= 0.6 is 23.1 Å². The maximum absolute atomic E-state index is 14.0. The van der Waals surface area contributed by atoms with Crippen molar-refractivity contribution in [1.29, 1.82) is 0 Å². The van der Waals surface area contributed by atoms with Crippen molar-refractivity contribution in [2.75, 3.05) is 40.8 Å². The van der Waals surface area contributed by atoms with E-state index in [2.05, 4.69) is 5.32 Å². The van der Waals surface area contributed by atoms with Crippen LogP contribution in [-0.2, 0) is 54.7 Å². The summed E-state index contributed by atoms with van der Waals surface area (Å²) >= 11 is 2.70. The molecule has 2 aliphatic heterocycles. The lowest BCUT2D eigenvalue weighted by atomic mass is 9.98. The van der Waals surface area contributed by atoms with Crippen molar-refractivity contribution in [3.05, 3.63) is 123 Å². The Morgan fingerprint density at radius 2 is 1.35 bits per heavy atom. The number of β-lactam (4-membered cyclic amide) rings is 1. The molecule has 3 aromatic carbocycles. The largest absolute Gasteiger partial charge is 0.497 e. The van der Waals surface area contributed by atoms with Gasteiger partial charge in [-0.2, -0.15) is 0 Å². The van der Waals surface area contributed by atoms with Crippen molar-refractivity contribution in [2.24, 2.45) is 0 Å². The summed E-state index contributed by atoms with van der Waals surface area (Å²) in [4.78, 5) is 58.5. The molecule has 0 aliphatic carbocycles. The SMILES string of the molecule is COc1ccc(COC(=O)C2=C(COC(=O)N(Cc3ccc(OC)cc3)Cc3ccc(OC)cc3)CS[C@@H]3N2C(=O)C3(NC(=O)Cc2cccs2)OC)cc1. The molecule has 15 heteroatoms. The number of methoxy groups -OCH3 is 4. The van der Waals surface area contributed by atoms with Crippen LogP contribution in [0.15, 0.2) is 102 Å². The Hall–Kier alpha value is -5.51. The van der Waals surface area contributed by atoms with Crippen LogP contribution in [0, 0.1) is 0 Å². The molecule has 55 heavy (non-hydrogen) atoms. The van der Waals surface area contributed by atoms with Gasteiger partial charge in [0, 0.05) is 36.4 Å². The number of nitrogens with zero attached hydrogens (tertiary/aromatic N) is 2. The average molecular weight is 788 g/mol. The predicted octanol–water partition coefficient (Wildman–Crippen LogP) is 5.53. The second kappa shape index (κ2) is 17.8. The van der Waals surface area contributed by atoms with Gasteiger partial charge in [0.15, 0.2) is 0 Å². The molecule has 13 nitrogen and oxygen atoms in total. The van der Waals surface area contributed by atoms with E-state index in [4.69, 9.17) is 28.4 Å². The molecular weight excluding hydrogens is 747 g/mol. The summed E-state index contributed by atoms with van der Waals surface area (Å²) in [5.41, 5.74) is 0.966. The normalized spacial score (nSPS) is 17.4. The molecule has 3 heterocycles. The van der Waals surface area contributed by atoms with Gasteiger partial charge < -0.3 is 33.7 Å². The quantitative estimate of drug-likeness (QED) is 0.0871. The fourth-order valence-electron chi connectivity index (χ4n) is 6.13. The van der Waals surface area contributed by atoms with Crippen molar-refractivity contribution in [2.45, 2.75) is 37.2 Å². The number of ether oxygens (including phenoxy) is 6. The molecule has 2 aliphatic rings. The lowest BCUT2D eigenvalue weighted by molar-refractivity contribution is -0.193. The number of esters is 1. The molecule has 4 aromatic rings. The summed E-state index contributed by atoms with van der Waals surface area (Å²) in [5, 5.41) is 3.85. The molecule has 0 saturated carbocycles. The van der Waals surface area contributed by atoms with E-state index in [0.717, 1.165) is 16.0 Å². The Morgan fingerprint density at radius 3 is 1.85 bits per heavy atom. The van der Waals surface area contributed by atoms with Crippen LogP contribution in [0.5, 0.6) is 17.2 Å². The van der Waals surface area contributed by atoms with Crippen molar-refractivity contribution in [3.63, 3.8) is 0 Å². The number of benzene rings is 3. The number of thiophene rings is 1. The van der Waals surface area contributed by atoms with E-state index < -0.39 is 35.0 Å². The molecule has 6 rings (SSSR count). The zero-order chi connectivity index (χ0) is 39.0. The molecule has 288 valence electrons. The molecule has 0 radical (unpaired) electrons. The molecule has 1 aromatic heterocycles. The Balaban J connectivity index is 1.24. The first-order valence-electron chi connectivity index (χ1n) is 17.2. The van der Waals surface area contributed by atoms with Crippen molar-refractivity contribution < 1.29 is 47.6 Å². The Labute approximate surface area is 327 Å². The third kappa shape index (κ3) is 8.90. The minimum absolute atomic E-state index is 0.0603. The van der Waals surface area contributed by atoms with E-state index >= 15 is 0 Å². The third-order valence-corrected chi connectivity index (χ3v) is 11.3. The number of carbonyl (C=O) groups is 4. The number of rotatable bonds is 16. The molecule has 2 atom stereocenters. The maximum atomic E-state index is 14.0. The molecule has 1 fully saturated rings. The summed E-state index contributed by atoms with van der Waals surface area (Å²) in [6, 6.07) is 25.4. The van der Waals surface area contributed by atoms with E-state index in [0.29, 0.717) is 28.4 Å². The molecule has 1 saturated heterocycles. The van der Waals surface area contributed by atoms with Crippen molar-refractivity contribution in [1.82, 2.24) is 15.1 Å². The smallest absolute Gasteiger partial charge is 0.410 e. The summed E-state index contributed by atoms with van der Waals surface area (Å²) in [6.07, 6.45) is -0.579. The van der Waals surface area contributed by atoms with Gasteiger partial charge in [-0.15, -0.1) is 23.1 Å². The lowest BCUT2D eigenvalue weighted by Gasteiger charge is -2.55. The number of nitrogens with one attached hydrogen (secondary N) is 1. The predicted molar refractivity (Wildman–Crippen MR) is 205 cm³/mol. The number of amides is 3. The molecule has 0 spiro atoms. The van der Waals surface area contributed by atoms with Gasteiger partial charge in [0.05, 0.1) is 27.8 Å². The number of hydrogen-bond acceptors (Lipinski definition) is 12. The first-order chi connectivity index (χ1) is 26.7. The fourth-order valence-corrected chi connectivity index (χ4v) is 8.26. The second-order valence-electron chi connectivity index (χ2n) is 12.6. The van der Waals surface area contributed by atoms with Crippen molar-refractivity contribution >= 4 is 47.0 Å². The zero-order valence-corrected chi connectivity index (χ0v) is 32.4. The second-order valence-corrected chi connectivity index (χ2v) is 14.7. The summed E-state index contributed by atoms with van der Waals surface area (Å²) < 4.78 is 33.1. The van der Waals surface area contributed by atoms with E-state index in [1.54, 1.807) is 50.5 Å². The number of hydrogen-bond donors (Lipinski definition) is 1. The number of carbonyl (C=O) groups excluding carboxylic acids is 4. The Kier molecular flexibility index (Phi) is 12.6. The van der Waals surface area contributed by atoms with Crippen LogP contribution in [0.2, 0.25) is 0 Å². The highest BCUT2D eigenvalue weighted by molar-refractivity contribution is 8.00. The van der Waals surface area contributed by atoms with E-state index in [-0.39, 0.29) is 44.2 Å². The van der Waals surface area contributed by atoms with Gasteiger partial charge in [-0.25, -0.2) is 9.59 Å². The van der Waals surface area contributed by atoms with Gasteiger partial charge in [0.25, 0.3) is 11.6 Å². The highest BCUT2D eigenvalue weighted by atomic mass is 32.2. The average Bonchev–Trinajstić information content (AvgIpc) is 3.73. The fraction of sp³-hybridized carbons (Fsp3) is 0.300. The lowest BCUT2D eigenvalue weighted by Crippen LogP contribution is -2.80. The Bertz CT molecular complexity index is 1950. The summed E-state index contributed by atoms with van der Waals surface area (Å²) in [6.45, 7) is 0.0344. The highest BCUT2D eigenvalue weighted by Gasteiger charge is 2.66. The monoisotopic (exact) mass is 787 g/mol. The van der Waals surface area contributed by atoms with Crippen LogP contribution in [0.3, 0.4) is 0 Å². The zero-order valence-electron chi connectivity index (χ0n) is 30.8. The molecule has 0 bridgehead atoms. The van der Waals surface area contributed by atoms with E-state index in [1.165, 1.54) is 35.1 Å². The highest BCUT2D eigenvalue weighted by Crippen LogP contribution is 2.47. The Morgan fingerprint density at radius 1 is 0.782 bits per heavy atom. The standard InChI is InChI=1S/C40H41N3O10S2/c1-48-30-13-7-26(8-14-30)21-42(22-27-9-15-31(49-2)16-10-27)39(47)53-24-29-25-55-38-40(51-4,41-34(44)20-33-6-5-19-54-33)37(46)43(38)35(29)36(45)52-23-28-11-17-32(50-3)18-12-28/h5-19,38H,20-25H2,1-4H3,(H,41,44)/t38-,40?/m0/s1. The van der Waals surface area contributed by atoms with E-state index in [1.807, 2.05) is 66.0 Å².